The van der Waals surface area contributed by atoms with Crippen LogP contribution in [0.3, 0.4) is 0 Å². The third-order valence-corrected chi connectivity index (χ3v) is 4.13. The number of hydrogen-bond donors (Lipinski definition) is 1. The molecule has 8 heteroatoms. The quantitative estimate of drug-likeness (QED) is 0.575. The molecule has 2 aromatic heterocycles. The third kappa shape index (κ3) is 2.37. The Morgan fingerprint density at radius 1 is 1.45 bits per heavy atom. The van der Waals surface area contributed by atoms with Crippen LogP contribution in [0.15, 0.2) is 35.8 Å². The highest BCUT2D eigenvalue weighted by Gasteiger charge is 2.25. The third-order valence-electron chi connectivity index (χ3n) is 3.37. The van der Waals surface area contributed by atoms with Crippen molar-refractivity contribution in [2.24, 2.45) is 0 Å². The van der Waals surface area contributed by atoms with Crippen molar-refractivity contribution in [2.75, 3.05) is 12.4 Å². The molecule has 22 heavy (non-hydrogen) atoms. The van der Waals surface area contributed by atoms with Gasteiger partial charge in [0.2, 0.25) is 5.82 Å². The highest BCUT2D eigenvalue weighted by Crippen LogP contribution is 2.32. The zero-order valence-corrected chi connectivity index (χ0v) is 12.8. The summed E-state index contributed by atoms with van der Waals surface area (Å²) in [5.74, 6) is 0.930. The molecule has 1 atom stereocenters. The van der Waals surface area contributed by atoms with E-state index in [9.17, 15) is 10.1 Å². The molecule has 2 heterocycles. The molecule has 1 aromatic carbocycles. The van der Waals surface area contributed by atoms with Crippen molar-refractivity contribution < 1.29 is 9.66 Å². The molecule has 0 bridgehead atoms. The van der Waals surface area contributed by atoms with Gasteiger partial charge >= 0.3 is 5.82 Å². The van der Waals surface area contributed by atoms with Gasteiger partial charge in [0.25, 0.3) is 4.96 Å². The van der Waals surface area contributed by atoms with Crippen molar-refractivity contribution in [2.45, 2.75) is 13.0 Å². The number of methoxy groups -OCH3 is 1. The second kappa shape index (κ2) is 5.64. The predicted molar refractivity (Wildman–Crippen MR) is 84.8 cm³/mol. The lowest BCUT2D eigenvalue weighted by Gasteiger charge is -2.16. The highest BCUT2D eigenvalue weighted by molar-refractivity contribution is 7.15. The summed E-state index contributed by atoms with van der Waals surface area (Å²) in [6, 6.07) is 7.37. The first-order chi connectivity index (χ1) is 10.6. The molecule has 0 aliphatic rings. The zero-order chi connectivity index (χ0) is 15.7. The molecular formula is C14H14N4O3S. The monoisotopic (exact) mass is 318 g/mol. The van der Waals surface area contributed by atoms with Gasteiger partial charge in [0.1, 0.15) is 11.9 Å². The number of nitrogens with one attached hydrogen (secondary N) is 1. The molecule has 0 spiro atoms. The maximum Gasteiger partial charge on any atom is 0.372 e. The second-order valence-corrected chi connectivity index (χ2v) is 5.58. The van der Waals surface area contributed by atoms with E-state index in [1.807, 2.05) is 31.2 Å². The molecular weight excluding hydrogens is 304 g/mol. The van der Waals surface area contributed by atoms with Crippen molar-refractivity contribution in [3.63, 3.8) is 0 Å². The van der Waals surface area contributed by atoms with Gasteiger partial charge < -0.3 is 20.2 Å². The van der Waals surface area contributed by atoms with Crippen molar-refractivity contribution in [3.05, 3.63) is 51.5 Å². The first-order valence-corrected chi connectivity index (χ1v) is 7.49. The van der Waals surface area contributed by atoms with E-state index in [4.69, 9.17) is 4.74 Å². The molecule has 0 aliphatic carbocycles. The second-order valence-electron chi connectivity index (χ2n) is 4.70. The summed E-state index contributed by atoms with van der Waals surface area (Å²) in [7, 11) is 1.60. The van der Waals surface area contributed by atoms with Crippen molar-refractivity contribution >= 4 is 27.9 Å². The van der Waals surface area contributed by atoms with Crippen LogP contribution in [0, 0.1) is 10.1 Å². The highest BCUT2D eigenvalue weighted by atomic mass is 32.1. The number of benzene rings is 1. The molecule has 3 aromatic rings. The Morgan fingerprint density at radius 3 is 2.95 bits per heavy atom. The Labute approximate surface area is 130 Å². The summed E-state index contributed by atoms with van der Waals surface area (Å²) in [5.41, 5.74) is 0.913. The van der Waals surface area contributed by atoms with Gasteiger partial charge in [-0.15, -0.1) is 0 Å². The fourth-order valence-corrected chi connectivity index (χ4v) is 3.06. The lowest BCUT2D eigenvalue weighted by Crippen LogP contribution is -2.10. The Balaban J connectivity index is 1.97. The standard InChI is InChI=1S/C14H14N4O3S/c1-9(10-5-3-4-6-11(10)21-2)15-12-13(18(19)20)17-7-8-22-14(17)16-12/h3-9,15H,1-2H3. The summed E-state index contributed by atoms with van der Waals surface area (Å²) in [5, 5.41) is 16.2. The minimum absolute atomic E-state index is 0.0574. The van der Waals surface area contributed by atoms with Gasteiger partial charge in [-0.1, -0.05) is 29.5 Å². The molecule has 0 radical (unpaired) electrons. The minimum Gasteiger partial charge on any atom is -0.496 e. The average molecular weight is 318 g/mol. The predicted octanol–water partition coefficient (Wildman–Crippen LogP) is 3.49. The van der Waals surface area contributed by atoms with Gasteiger partial charge in [-0.25, -0.2) is 0 Å². The number of ether oxygens (including phenoxy) is 1. The average Bonchev–Trinajstić information content (AvgIpc) is 3.06. The smallest absolute Gasteiger partial charge is 0.372 e. The molecule has 3 rings (SSSR count). The van der Waals surface area contributed by atoms with E-state index in [-0.39, 0.29) is 17.7 Å². The number of fused-ring (bicyclic) bond motifs is 1. The van der Waals surface area contributed by atoms with Gasteiger partial charge in [-0.3, -0.25) is 0 Å². The van der Waals surface area contributed by atoms with Crippen LogP contribution < -0.4 is 10.1 Å². The number of imidazole rings is 1. The lowest BCUT2D eigenvalue weighted by molar-refractivity contribution is -0.389. The Bertz CT molecular complexity index is 826. The van der Waals surface area contributed by atoms with Crippen LogP contribution >= 0.6 is 11.3 Å². The summed E-state index contributed by atoms with van der Waals surface area (Å²) < 4.78 is 6.80. The number of hydrogen-bond acceptors (Lipinski definition) is 6. The summed E-state index contributed by atoms with van der Waals surface area (Å²) in [6.45, 7) is 1.91. The van der Waals surface area contributed by atoms with Crippen LogP contribution in [-0.2, 0) is 0 Å². The lowest BCUT2D eigenvalue weighted by atomic mass is 10.1. The number of rotatable bonds is 5. The molecule has 0 fully saturated rings. The Kier molecular flexibility index (Phi) is 3.68. The van der Waals surface area contributed by atoms with Crippen LogP contribution in [-0.4, -0.2) is 21.4 Å². The van der Waals surface area contributed by atoms with E-state index in [1.54, 1.807) is 18.7 Å². The van der Waals surface area contributed by atoms with E-state index < -0.39 is 4.92 Å². The zero-order valence-electron chi connectivity index (χ0n) is 12.0. The van der Waals surface area contributed by atoms with Gasteiger partial charge in [-0.05, 0) is 17.9 Å². The molecule has 7 nitrogen and oxygen atoms in total. The van der Waals surface area contributed by atoms with Crippen molar-refractivity contribution in [3.8, 4) is 5.75 Å². The number of nitro groups is 1. The molecule has 0 aliphatic heterocycles. The number of aromatic nitrogens is 2. The van der Waals surface area contributed by atoms with Crippen LogP contribution in [0.4, 0.5) is 11.6 Å². The first kappa shape index (κ1) is 14.3. The van der Waals surface area contributed by atoms with Crippen LogP contribution in [0.5, 0.6) is 5.75 Å². The SMILES string of the molecule is COc1ccccc1C(C)Nc1nc2sccn2c1[N+](=O)[O-]. The molecule has 0 saturated carbocycles. The number of para-hydroxylation sites is 1. The van der Waals surface area contributed by atoms with Crippen LogP contribution in [0.2, 0.25) is 0 Å². The molecule has 114 valence electrons. The maximum atomic E-state index is 11.3. The number of nitrogens with zero attached hydrogens (tertiary/aromatic N) is 3. The molecule has 0 amide bonds. The van der Waals surface area contributed by atoms with Gasteiger partial charge in [0.05, 0.1) is 13.2 Å². The number of thiazole rings is 1. The Hall–Kier alpha value is -2.61. The van der Waals surface area contributed by atoms with Gasteiger partial charge in [0.15, 0.2) is 0 Å². The van der Waals surface area contributed by atoms with Gasteiger partial charge in [0, 0.05) is 10.9 Å². The maximum absolute atomic E-state index is 11.3. The van der Waals surface area contributed by atoms with E-state index in [1.165, 1.54) is 15.7 Å². The van der Waals surface area contributed by atoms with E-state index in [0.29, 0.717) is 4.96 Å². The fourth-order valence-electron chi connectivity index (χ4n) is 2.35. The minimum atomic E-state index is -0.427. The summed E-state index contributed by atoms with van der Waals surface area (Å²) in [6.07, 6.45) is 1.64. The molecule has 0 saturated heterocycles. The normalized spacial score (nSPS) is 12.3. The summed E-state index contributed by atoms with van der Waals surface area (Å²) >= 11 is 1.35. The summed E-state index contributed by atoms with van der Waals surface area (Å²) in [4.78, 5) is 15.8. The van der Waals surface area contributed by atoms with Crippen molar-refractivity contribution in [1.82, 2.24) is 9.38 Å². The van der Waals surface area contributed by atoms with E-state index in [2.05, 4.69) is 10.3 Å². The van der Waals surface area contributed by atoms with E-state index in [0.717, 1.165) is 11.3 Å². The number of anilines is 1. The largest absolute Gasteiger partial charge is 0.496 e. The fraction of sp³-hybridized carbons (Fsp3) is 0.214. The molecule has 1 unspecified atom stereocenters. The van der Waals surface area contributed by atoms with Crippen LogP contribution in [0.25, 0.3) is 4.96 Å². The molecule has 1 N–H and O–H groups in total. The topological polar surface area (TPSA) is 81.7 Å². The van der Waals surface area contributed by atoms with Gasteiger partial charge in [-0.2, -0.15) is 9.38 Å². The van der Waals surface area contributed by atoms with Crippen molar-refractivity contribution in [1.29, 1.82) is 0 Å². The van der Waals surface area contributed by atoms with E-state index >= 15 is 0 Å². The first-order valence-electron chi connectivity index (χ1n) is 6.61. The van der Waals surface area contributed by atoms with Crippen LogP contribution in [0.1, 0.15) is 18.5 Å². The Morgan fingerprint density at radius 2 is 2.23 bits per heavy atom.